The predicted molar refractivity (Wildman–Crippen MR) is 81.7 cm³/mol. The van der Waals surface area contributed by atoms with Crippen molar-refractivity contribution in [1.82, 2.24) is 4.98 Å². The van der Waals surface area contributed by atoms with E-state index in [1.54, 1.807) is 12.1 Å². The Morgan fingerprint density at radius 3 is 2.36 bits per heavy atom. The molecule has 0 radical (unpaired) electrons. The molecule has 2 rings (SSSR count). The number of aromatic hydroxyl groups is 1. The Bertz CT molecular complexity index is 672. The molecule has 0 aliphatic rings. The van der Waals surface area contributed by atoms with E-state index in [9.17, 15) is 14.7 Å². The van der Waals surface area contributed by atoms with Gasteiger partial charge in [0.1, 0.15) is 5.75 Å². The summed E-state index contributed by atoms with van der Waals surface area (Å²) in [5.41, 5.74) is 7.93. The quantitative estimate of drug-likeness (QED) is 0.543. The van der Waals surface area contributed by atoms with Gasteiger partial charge in [0.15, 0.2) is 0 Å². The lowest BCUT2D eigenvalue weighted by molar-refractivity contribution is -0.134. The molecule has 0 saturated heterocycles. The van der Waals surface area contributed by atoms with E-state index < -0.39 is 11.9 Å². The highest BCUT2D eigenvalue weighted by Crippen LogP contribution is 2.23. The van der Waals surface area contributed by atoms with Gasteiger partial charge >= 0.3 is 11.9 Å². The first-order valence-corrected chi connectivity index (χ1v) is 6.48. The van der Waals surface area contributed by atoms with Gasteiger partial charge in [0.05, 0.1) is 0 Å². The topological polar surface area (TPSA) is 137 Å². The summed E-state index contributed by atoms with van der Waals surface area (Å²) in [5, 5.41) is 26.0. The summed E-state index contributed by atoms with van der Waals surface area (Å²) in [5.74, 6) is -2.22. The number of nitrogens with two attached hydrogens (primary N) is 1. The number of phenols is 1. The van der Waals surface area contributed by atoms with Crippen molar-refractivity contribution >= 4 is 22.8 Å². The van der Waals surface area contributed by atoms with Gasteiger partial charge in [-0.2, -0.15) is 0 Å². The average molecular weight is 306 g/mol. The fourth-order valence-electron chi connectivity index (χ4n) is 1.82. The molecule has 1 aromatic heterocycles. The van der Waals surface area contributed by atoms with Crippen molar-refractivity contribution in [2.24, 2.45) is 5.73 Å². The molecule has 0 bridgehead atoms. The second kappa shape index (κ2) is 7.84. The lowest BCUT2D eigenvalue weighted by atomic mass is 10.1. The Morgan fingerprint density at radius 1 is 1.27 bits per heavy atom. The molecule has 1 aromatic carbocycles. The number of H-pyrrole nitrogens is 1. The average Bonchev–Trinajstić information content (AvgIpc) is 2.79. The third-order valence-electron chi connectivity index (χ3n) is 2.66. The SMILES string of the molecule is CC(N)Cc1c[nH]c2ccc(O)cc12.O=C(O)C=CC(=O)O. The summed E-state index contributed by atoms with van der Waals surface area (Å²) < 4.78 is 0. The summed E-state index contributed by atoms with van der Waals surface area (Å²) in [6, 6.07) is 5.45. The molecule has 6 N–H and O–H groups in total. The standard InChI is InChI=1S/C11H14N2O.C4H4O4/c1-7(12)4-8-6-13-11-3-2-9(14)5-10(8)11;5-3(6)1-2-4(7)8/h2-3,5-7,13-14H,4,12H2,1H3;1-2H,(H,5,6)(H,7,8). The number of fused-ring (bicyclic) bond motifs is 1. The van der Waals surface area contributed by atoms with Crippen molar-refractivity contribution in [3.05, 3.63) is 42.1 Å². The second-order valence-electron chi connectivity index (χ2n) is 4.74. The van der Waals surface area contributed by atoms with Gasteiger partial charge in [-0.1, -0.05) is 0 Å². The first-order valence-electron chi connectivity index (χ1n) is 6.48. The molecule has 0 fully saturated rings. The Kier molecular flexibility index (Phi) is 6.15. The van der Waals surface area contributed by atoms with Gasteiger partial charge in [-0.25, -0.2) is 9.59 Å². The highest BCUT2D eigenvalue weighted by molar-refractivity contribution is 5.89. The van der Waals surface area contributed by atoms with E-state index in [1.165, 1.54) is 0 Å². The third-order valence-corrected chi connectivity index (χ3v) is 2.66. The Morgan fingerprint density at radius 2 is 1.86 bits per heavy atom. The van der Waals surface area contributed by atoms with Gasteiger partial charge in [-0.15, -0.1) is 0 Å². The third kappa shape index (κ3) is 5.68. The summed E-state index contributed by atoms with van der Waals surface area (Å²) in [4.78, 5) is 22.3. The molecule has 1 unspecified atom stereocenters. The summed E-state index contributed by atoms with van der Waals surface area (Å²) in [6.45, 7) is 1.97. The highest BCUT2D eigenvalue weighted by Gasteiger charge is 2.05. The number of carbonyl (C=O) groups is 2. The minimum absolute atomic E-state index is 0.136. The van der Waals surface area contributed by atoms with E-state index >= 15 is 0 Å². The Hall–Kier alpha value is -2.80. The maximum atomic E-state index is 9.55. The van der Waals surface area contributed by atoms with Crippen LogP contribution in [0.5, 0.6) is 5.75 Å². The maximum Gasteiger partial charge on any atom is 0.328 e. The molecule has 0 amide bonds. The van der Waals surface area contributed by atoms with Crippen LogP contribution < -0.4 is 5.73 Å². The largest absolute Gasteiger partial charge is 0.508 e. The smallest absolute Gasteiger partial charge is 0.328 e. The van der Waals surface area contributed by atoms with E-state index in [0.29, 0.717) is 17.9 Å². The van der Waals surface area contributed by atoms with Crippen molar-refractivity contribution in [3.63, 3.8) is 0 Å². The lowest BCUT2D eigenvalue weighted by Crippen LogP contribution is -2.17. The summed E-state index contributed by atoms with van der Waals surface area (Å²) >= 11 is 0. The molecule has 118 valence electrons. The number of carboxylic acids is 2. The van der Waals surface area contributed by atoms with Crippen LogP contribution >= 0.6 is 0 Å². The van der Waals surface area contributed by atoms with E-state index in [4.69, 9.17) is 15.9 Å². The molecule has 22 heavy (non-hydrogen) atoms. The second-order valence-corrected chi connectivity index (χ2v) is 4.74. The molecular formula is C15H18N2O5. The minimum atomic E-state index is -1.26. The Balaban J connectivity index is 0.000000261. The molecule has 7 nitrogen and oxygen atoms in total. The van der Waals surface area contributed by atoms with Gasteiger partial charge in [0.2, 0.25) is 0 Å². The van der Waals surface area contributed by atoms with Gasteiger partial charge in [-0.3, -0.25) is 0 Å². The molecular weight excluding hydrogens is 288 g/mol. The molecule has 1 atom stereocenters. The molecule has 7 heteroatoms. The lowest BCUT2D eigenvalue weighted by Gasteiger charge is -2.02. The number of carboxylic acid groups (broad SMARTS) is 2. The van der Waals surface area contributed by atoms with Crippen LogP contribution in [0.1, 0.15) is 12.5 Å². The molecule has 0 spiro atoms. The van der Waals surface area contributed by atoms with E-state index in [2.05, 4.69) is 4.98 Å². The van der Waals surface area contributed by atoms with Crippen LogP contribution in [-0.2, 0) is 16.0 Å². The predicted octanol–water partition coefficient (Wildman–Crippen LogP) is 1.47. The van der Waals surface area contributed by atoms with Gasteiger partial charge in [0, 0.05) is 35.3 Å². The van der Waals surface area contributed by atoms with Gasteiger partial charge in [0.25, 0.3) is 0 Å². The number of hydrogen-bond donors (Lipinski definition) is 5. The van der Waals surface area contributed by atoms with Crippen molar-refractivity contribution in [3.8, 4) is 5.75 Å². The highest BCUT2D eigenvalue weighted by atomic mass is 16.4. The number of rotatable bonds is 4. The number of hydrogen-bond acceptors (Lipinski definition) is 4. The molecule has 0 aliphatic carbocycles. The number of benzene rings is 1. The van der Waals surface area contributed by atoms with Crippen LogP contribution in [0.4, 0.5) is 0 Å². The van der Waals surface area contributed by atoms with E-state index in [-0.39, 0.29) is 6.04 Å². The van der Waals surface area contributed by atoms with Gasteiger partial charge in [-0.05, 0) is 37.1 Å². The van der Waals surface area contributed by atoms with Crippen LogP contribution in [0.25, 0.3) is 10.9 Å². The number of aromatic nitrogens is 1. The van der Waals surface area contributed by atoms with Gasteiger partial charge < -0.3 is 26.0 Å². The first kappa shape index (κ1) is 17.3. The normalized spacial score (nSPS) is 11.9. The fraction of sp³-hybridized carbons (Fsp3) is 0.200. The van der Waals surface area contributed by atoms with Crippen LogP contribution in [-0.4, -0.2) is 38.3 Å². The van der Waals surface area contributed by atoms with E-state index in [0.717, 1.165) is 22.9 Å². The number of aromatic amines is 1. The van der Waals surface area contributed by atoms with Crippen molar-refractivity contribution in [1.29, 1.82) is 0 Å². The fourth-order valence-corrected chi connectivity index (χ4v) is 1.82. The van der Waals surface area contributed by atoms with Crippen molar-refractivity contribution < 1.29 is 24.9 Å². The van der Waals surface area contributed by atoms with Crippen molar-refractivity contribution in [2.45, 2.75) is 19.4 Å². The van der Waals surface area contributed by atoms with Crippen LogP contribution in [0.3, 0.4) is 0 Å². The first-order chi connectivity index (χ1) is 10.3. The number of nitrogens with one attached hydrogen (secondary N) is 1. The van der Waals surface area contributed by atoms with Crippen molar-refractivity contribution in [2.75, 3.05) is 0 Å². The number of phenolic OH excluding ortho intramolecular Hbond substituents is 1. The molecule has 2 aromatic rings. The maximum absolute atomic E-state index is 9.55. The zero-order valence-corrected chi connectivity index (χ0v) is 12.0. The van der Waals surface area contributed by atoms with Crippen LogP contribution in [0.2, 0.25) is 0 Å². The zero-order chi connectivity index (χ0) is 16.7. The molecule has 1 heterocycles. The minimum Gasteiger partial charge on any atom is -0.508 e. The monoisotopic (exact) mass is 306 g/mol. The summed E-state index contributed by atoms with van der Waals surface area (Å²) in [7, 11) is 0. The molecule has 0 saturated carbocycles. The zero-order valence-electron chi connectivity index (χ0n) is 12.0. The summed E-state index contributed by atoms with van der Waals surface area (Å²) in [6.07, 6.45) is 3.89. The van der Waals surface area contributed by atoms with Crippen LogP contribution in [0, 0.1) is 0 Å². The van der Waals surface area contributed by atoms with E-state index in [1.807, 2.05) is 19.2 Å². The molecule has 0 aliphatic heterocycles. The number of aliphatic carboxylic acids is 2. The Labute approximate surface area is 126 Å². The van der Waals surface area contributed by atoms with Crippen LogP contribution in [0.15, 0.2) is 36.5 Å².